The lowest BCUT2D eigenvalue weighted by molar-refractivity contribution is -0.137. The van der Waals surface area contributed by atoms with Crippen LogP contribution in [0.3, 0.4) is 0 Å². The SMILES string of the molecule is CC1(C)C(CN)C1c1ccc(Cl)c(C(F)(F)F)c1. The highest BCUT2D eigenvalue weighted by Crippen LogP contribution is 2.64. The highest BCUT2D eigenvalue weighted by atomic mass is 35.5. The van der Waals surface area contributed by atoms with Crippen LogP contribution in [0, 0.1) is 11.3 Å². The van der Waals surface area contributed by atoms with Crippen LogP contribution in [0.4, 0.5) is 13.2 Å². The molecule has 1 saturated carbocycles. The molecule has 0 bridgehead atoms. The molecular formula is C13H15ClF3N. The van der Waals surface area contributed by atoms with Crippen LogP contribution < -0.4 is 5.73 Å². The number of rotatable bonds is 2. The molecule has 1 aliphatic carbocycles. The molecule has 1 aromatic carbocycles. The van der Waals surface area contributed by atoms with Gasteiger partial charge in [-0.2, -0.15) is 13.2 Å². The number of hydrogen-bond acceptors (Lipinski definition) is 1. The van der Waals surface area contributed by atoms with Gasteiger partial charge in [0.25, 0.3) is 0 Å². The smallest absolute Gasteiger partial charge is 0.330 e. The number of halogens is 4. The standard InChI is InChI=1S/C13H15ClF3N/c1-12(2)9(6-18)11(12)7-3-4-10(14)8(5-7)13(15,16)17/h3-5,9,11H,6,18H2,1-2H3. The van der Waals surface area contributed by atoms with Crippen molar-refractivity contribution in [3.05, 3.63) is 34.3 Å². The minimum atomic E-state index is -4.41. The van der Waals surface area contributed by atoms with E-state index in [2.05, 4.69) is 0 Å². The maximum atomic E-state index is 12.8. The van der Waals surface area contributed by atoms with Crippen LogP contribution in [-0.2, 0) is 6.18 Å². The van der Waals surface area contributed by atoms with E-state index in [-0.39, 0.29) is 22.3 Å². The van der Waals surface area contributed by atoms with Gasteiger partial charge in [-0.3, -0.25) is 0 Å². The predicted molar refractivity (Wildman–Crippen MR) is 65.5 cm³/mol. The van der Waals surface area contributed by atoms with Crippen molar-refractivity contribution in [2.24, 2.45) is 17.1 Å². The van der Waals surface area contributed by atoms with E-state index in [1.165, 1.54) is 6.07 Å². The molecule has 1 nitrogen and oxygen atoms in total. The molecule has 0 aromatic heterocycles. The second-order valence-electron chi connectivity index (χ2n) is 5.38. The quantitative estimate of drug-likeness (QED) is 0.867. The molecule has 1 aromatic rings. The summed E-state index contributed by atoms with van der Waals surface area (Å²) in [5, 5.41) is -0.256. The molecular weight excluding hydrogens is 263 g/mol. The summed E-state index contributed by atoms with van der Waals surface area (Å²) in [4.78, 5) is 0. The Kier molecular flexibility index (Phi) is 3.14. The van der Waals surface area contributed by atoms with Gasteiger partial charge in [-0.15, -0.1) is 0 Å². The summed E-state index contributed by atoms with van der Waals surface area (Å²) in [5.41, 5.74) is 5.52. The maximum Gasteiger partial charge on any atom is 0.417 e. The van der Waals surface area contributed by atoms with Gasteiger partial charge in [0.15, 0.2) is 0 Å². The second-order valence-corrected chi connectivity index (χ2v) is 5.79. The third-order valence-corrected chi connectivity index (χ3v) is 4.29. The molecule has 0 saturated heterocycles. The fourth-order valence-corrected chi connectivity index (χ4v) is 3.02. The molecule has 18 heavy (non-hydrogen) atoms. The summed E-state index contributed by atoms with van der Waals surface area (Å²) in [6, 6.07) is 4.14. The van der Waals surface area contributed by atoms with Crippen LogP contribution in [0.5, 0.6) is 0 Å². The van der Waals surface area contributed by atoms with Crippen LogP contribution in [0.1, 0.15) is 30.9 Å². The molecule has 0 spiro atoms. The van der Waals surface area contributed by atoms with Crippen molar-refractivity contribution >= 4 is 11.6 Å². The van der Waals surface area contributed by atoms with E-state index < -0.39 is 11.7 Å². The van der Waals surface area contributed by atoms with Crippen LogP contribution in [0.15, 0.2) is 18.2 Å². The van der Waals surface area contributed by atoms with Gasteiger partial charge in [0, 0.05) is 0 Å². The molecule has 2 unspecified atom stereocenters. The molecule has 5 heteroatoms. The Morgan fingerprint density at radius 2 is 1.94 bits per heavy atom. The largest absolute Gasteiger partial charge is 0.417 e. The van der Waals surface area contributed by atoms with Crippen LogP contribution >= 0.6 is 11.6 Å². The first kappa shape index (κ1) is 13.7. The Hall–Kier alpha value is -0.740. The first-order chi connectivity index (χ1) is 8.19. The normalized spacial score (nSPS) is 26.2. The van der Waals surface area contributed by atoms with Crippen molar-refractivity contribution in [3.8, 4) is 0 Å². The minimum absolute atomic E-state index is 0.0363. The van der Waals surface area contributed by atoms with Gasteiger partial charge in [-0.05, 0) is 41.5 Å². The Morgan fingerprint density at radius 1 is 1.33 bits per heavy atom. The molecule has 0 radical (unpaired) electrons. The van der Waals surface area contributed by atoms with Gasteiger partial charge in [0.1, 0.15) is 0 Å². The third-order valence-electron chi connectivity index (χ3n) is 3.96. The Labute approximate surface area is 109 Å². The zero-order valence-electron chi connectivity index (χ0n) is 10.2. The van der Waals surface area contributed by atoms with E-state index >= 15 is 0 Å². The Morgan fingerprint density at radius 3 is 2.39 bits per heavy atom. The molecule has 1 fully saturated rings. The highest BCUT2D eigenvalue weighted by molar-refractivity contribution is 6.31. The summed E-state index contributed by atoms with van der Waals surface area (Å²) < 4.78 is 38.3. The Balaban J connectivity index is 2.38. The van der Waals surface area contributed by atoms with Gasteiger partial charge >= 0.3 is 6.18 Å². The van der Waals surface area contributed by atoms with Crippen molar-refractivity contribution < 1.29 is 13.2 Å². The first-order valence-corrected chi connectivity index (χ1v) is 6.14. The third kappa shape index (κ3) is 2.12. The fourth-order valence-electron chi connectivity index (χ4n) is 2.80. The van der Waals surface area contributed by atoms with Gasteiger partial charge < -0.3 is 5.73 Å². The zero-order chi connectivity index (χ0) is 13.7. The number of benzene rings is 1. The number of nitrogens with two attached hydrogens (primary N) is 1. The molecule has 100 valence electrons. The minimum Gasteiger partial charge on any atom is -0.330 e. The van der Waals surface area contributed by atoms with Crippen molar-refractivity contribution in [2.45, 2.75) is 25.9 Å². The van der Waals surface area contributed by atoms with Crippen LogP contribution in [0.2, 0.25) is 5.02 Å². The van der Waals surface area contributed by atoms with Gasteiger partial charge in [-0.25, -0.2) is 0 Å². The molecule has 0 heterocycles. The second kappa shape index (κ2) is 4.14. The zero-order valence-corrected chi connectivity index (χ0v) is 10.9. The molecule has 2 rings (SSSR count). The maximum absolute atomic E-state index is 12.8. The fraction of sp³-hybridized carbons (Fsp3) is 0.538. The van der Waals surface area contributed by atoms with Crippen molar-refractivity contribution in [2.75, 3.05) is 6.54 Å². The average Bonchev–Trinajstić information content (AvgIpc) is 2.79. The lowest BCUT2D eigenvalue weighted by Crippen LogP contribution is -2.07. The molecule has 1 aliphatic rings. The lowest BCUT2D eigenvalue weighted by atomic mass is 10.0. The lowest BCUT2D eigenvalue weighted by Gasteiger charge is -2.11. The predicted octanol–water partition coefficient (Wildman–Crippen LogP) is 4.06. The monoisotopic (exact) mass is 277 g/mol. The summed E-state index contributed by atoms with van der Waals surface area (Å²) in [6.07, 6.45) is -4.41. The number of alkyl halides is 3. The van der Waals surface area contributed by atoms with E-state index in [1.54, 1.807) is 6.07 Å². The molecule has 0 amide bonds. The summed E-state index contributed by atoms with van der Waals surface area (Å²) >= 11 is 5.60. The van der Waals surface area contributed by atoms with Crippen LogP contribution in [0.25, 0.3) is 0 Å². The number of hydrogen-bond donors (Lipinski definition) is 1. The van der Waals surface area contributed by atoms with Gasteiger partial charge in [0.2, 0.25) is 0 Å². The van der Waals surface area contributed by atoms with Crippen molar-refractivity contribution in [1.29, 1.82) is 0 Å². The summed E-state index contributed by atoms with van der Waals surface area (Å²) in [7, 11) is 0. The Bertz CT molecular complexity index is 468. The van der Waals surface area contributed by atoms with E-state index in [4.69, 9.17) is 17.3 Å². The molecule has 2 atom stereocenters. The summed E-state index contributed by atoms with van der Waals surface area (Å²) in [5.74, 6) is 0.320. The molecule has 0 aliphatic heterocycles. The first-order valence-electron chi connectivity index (χ1n) is 5.76. The topological polar surface area (TPSA) is 26.0 Å². The van der Waals surface area contributed by atoms with Gasteiger partial charge in [-0.1, -0.05) is 31.5 Å². The van der Waals surface area contributed by atoms with Gasteiger partial charge in [0.05, 0.1) is 10.6 Å². The average molecular weight is 278 g/mol. The van der Waals surface area contributed by atoms with E-state index in [9.17, 15) is 13.2 Å². The highest BCUT2D eigenvalue weighted by Gasteiger charge is 2.57. The van der Waals surface area contributed by atoms with Crippen molar-refractivity contribution in [3.63, 3.8) is 0 Å². The van der Waals surface area contributed by atoms with E-state index in [1.807, 2.05) is 13.8 Å². The molecule has 2 N–H and O–H groups in total. The van der Waals surface area contributed by atoms with Crippen LogP contribution in [-0.4, -0.2) is 6.54 Å². The van der Waals surface area contributed by atoms with E-state index in [0.717, 1.165) is 6.07 Å². The van der Waals surface area contributed by atoms with Crippen molar-refractivity contribution in [1.82, 2.24) is 0 Å². The van der Waals surface area contributed by atoms with E-state index in [0.29, 0.717) is 12.1 Å². The summed E-state index contributed by atoms with van der Waals surface area (Å²) in [6.45, 7) is 4.54.